The Morgan fingerprint density at radius 2 is 1.93 bits per heavy atom. The van der Waals surface area contributed by atoms with E-state index in [0.29, 0.717) is 0 Å². The molecule has 0 spiro atoms. The van der Waals surface area contributed by atoms with Crippen molar-refractivity contribution in [3.63, 3.8) is 0 Å². The van der Waals surface area contributed by atoms with Gasteiger partial charge < -0.3 is 0 Å². The number of aryl methyl sites for hydroxylation is 1. The summed E-state index contributed by atoms with van der Waals surface area (Å²) in [6.45, 7) is 3.84. The molecule has 0 amide bonds. The van der Waals surface area contributed by atoms with Gasteiger partial charge in [0.15, 0.2) is 0 Å². The normalized spacial score (nSPS) is 10.6. The van der Waals surface area contributed by atoms with Crippen LogP contribution in [0.25, 0.3) is 10.9 Å². The number of hydrogen-bond donors (Lipinski definition) is 0. The zero-order chi connectivity index (χ0) is 9.80. The molecule has 1 heterocycles. The predicted octanol–water partition coefficient (Wildman–Crippen LogP) is 3.39. The predicted molar refractivity (Wildman–Crippen MR) is 60.0 cm³/mol. The molecule has 14 heavy (non-hydrogen) atoms. The number of para-hydroxylation sites is 1. The van der Waals surface area contributed by atoms with Gasteiger partial charge in [0.1, 0.15) is 0 Å². The summed E-state index contributed by atoms with van der Waals surface area (Å²) in [4.78, 5) is 4.58. The average Bonchev–Trinajstić information content (AvgIpc) is 2.26. The molecule has 1 aromatic heterocycles. The van der Waals surface area contributed by atoms with Crippen molar-refractivity contribution in [1.82, 2.24) is 4.98 Å². The number of nitrogens with zero attached hydrogens (tertiary/aromatic N) is 1. The first-order chi connectivity index (χ1) is 6.90. The fraction of sp³-hybridized carbons (Fsp3) is 0.231. The van der Waals surface area contributed by atoms with Crippen molar-refractivity contribution in [2.24, 2.45) is 0 Å². The molecule has 0 aliphatic rings. The van der Waals surface area contributed by atoms with Crippen molar-refractivity contribution in [1.29, 1.82) is 0 Å². The molecule has 0 aliphatic heterocycles. The van der Waals surface area contributed by atoms with E-state index >= 15 is 0 Å². The van der Waals surface area contributed by atoms with E-state index in [2.05, 4.69) is 36.2 Å². The summed E-state index contributed by atoms with van der Waals surface area (Å²) in [5.41, 5.74) is 2.27. The summed E-state index contributed by atoms with van der Waals surface area (Å²) in [6.07, 6.45) is 3.13. The molecule has 71 valence electrons. The van der Waals surface area contributed by atoms with E-state index in [1.165, 1.54) is 11.1 Å². The molecule has 0 N–H and O–H groups in total. The smallest absolute Gasteiger partial charge is 0.0705 e. The molecule has 0 fully saturated rings. The van der Waals surface area contributed by atoms with Gasteiger partial charge in [-0.2, -0.15) is 0 Å². The Bertz CT molecular complexity index is 420. The van der Waals surface area contributed by atoms with Crippen molar-refractivity contribution in [3.05, 3.63) is 49.0 Å². The minimum atomic E-state index is 0.981. The quantitative estimate of drug-likeness (QED) is 0.712. The highest BCUT2D eigenvalue weighted by Gasteiger charge is 1.96. The summed E-state index contributed by atoms with van der Waals surface area (Å²) in [5, 5.41) is 1.21. The maximum Gasteiger partial charge on any atom is 0.0705 e. The first kappa shape index (κ1) is 9.20. The third-order valence-electron chi connectivity index (χ3n) is 2.34. The molecule has 2 aromatic rings. The lowest BCUT2D eigenvalue weighted by Crippen LogP contribution is -1.89. The number of benzene rings is 1. The zero-order valence-corrected chi connectivity index (χ0v) is 8.24. The van der Waals surface area contributed by atoms with Gasteiger partial charge in [0, 0.05) is 11.1 Å². The second kappa shape index (κ2) is 4.23. The van der Waals surface area contributed by atoms with Crippen molar-refractivity contribution in [2.45, 2.75) is 19.3 Å². The van der Waals surface area contributed by atoms with Crippen LogP contribution in [0.2, 0.25) is 0 Å². The van der Waals surface area contributed by atoms with Crippen LogP contribution in [-0.4, -0.2) is 4.98 Å². The molecule has 1 aromatic carbocycles. The Hall–Kier alpha value is -1.37. The molecule has 0 aliphatic carbocycles. The van der Waals surface area contributed by atoms with Crippen molar-refractivity contribution in [3.8, 4) is 0 Å². The van der Waals surface area contributed by atoms with Crippen LogP contribution in [0.4, 0.5) is 0 Å². The van der Waals surface area contributed by atoms with Gasteiger partial charge >= 0.3 is 0 Å². The third-order valence-corrected chi connectivity index (χ3v) is 2.34. The minimum Gasteiger partial charge on any atom is -0.253 e. The van der Waals surface area contributed by atoms with Gasteiger partial charge in [0.25, 0.3) is 0 Å². The first-order valence-electron chi connectivity index (χ1n) is 5.04. The Morgan fingerprint density at radius 1 is 1.07 bits per heavy atom. The second-order valence-corrected chi connectivity index (χ2v) is 3.45. The summed E-state index contributed by atoms with van der Waals surface area (Å²) >= 11 is 0. The van der Waals surface area contributed by atoms with Crippen LogP contribution in [0.15, 0.2) is 36.4 Å². The number of rotatable bonds is 3. The summed E-state index contributed by atoms with van der Waals surface area (Å²) in [5.74, 6) is 0. The monoisotopic (exact) mass is 184 g/mol. The van der Waals surface area contributed by atoms with Gasteiger partial charge in [-0.25, -0.2) is 0 Å². The van der Waals surface area contributed by atoms with E-state index in [0.717, 1.165) is 24.8 Å². The zero-order valence-electron chi connectivity index (χ0n) is 8.24. The van der Waals surface area contributed by atoms with Crippen LogP contribution >= 0.6 is 0 Å². The van der Waals surface area contributed by atoms with Gasteiger partial charge in [0.05, 0.1) is 5.52 Å². The van der Waals surface area contributed by atoms with E-state index in [9.17, 15) is 0 Å². The molecule has 2 rings (SSSR count). The van der Waals surface area contributed by atoms with E-state index < -0.39 is 0 Å². The lowest BCUT2D eigenvalue weighted by Gasteiger charge is -2.01. The Kier molecular flexibility index (Phi) is 2.78. The van der Waals surface area contributed by atoms with Gasteiger partial charge in [-0.3, -0.25) is 4.98 Å². The minimum absolute atomic E-state index is 0.981. The number of unbranched alkanes of at least 4 members (excludes halogenated alkanes) is 1. The SMILES string of the molecule is [CH2]CCCc1ccc2ccccc2n1. The van der Waals surface area contributed by atoms with Crippen LogP contribution in [0.3, 0.4) is 0 Å². The maximum absolute atomic E-state index is 4.58. The third kappa shape index (κ3) is 1.92. The van der Waals surface area contributed by atoms with E-state index in [4.69, 9.17) is 0 Å². The highest BCUT2D eigenvalue weighted by molar-refractivity contribution is 5.78. The standard InChI is InChI=1S/C13H14N/c1-2-3-7-12-10-9-11-6-4-5-8-13(11)14-12/h4-6,8-10H,1-3,7H2. The highest BCUT2D eigenvalue weighted by Crippen LogP contribution is 2.12. The van der Waals surface area contributed by atoms with E-state index in [1.54, 1.807) is 0 Å². The van der Waals surface area contributed by atoms with Crippen LogP contribution in [-0.2, 0) is 6.42 Å². The van der Waals surface area contributed by atoms with Gasteiger partial charge in [-0.05, 0) is 25.0 Å². The number of hydrogen-bond acceptors (Lipinski definition) is 1. The number of fused-ring (bicyclic) bond motifs is 1. The molecule has 0 saturated heterocycles. The van der Waals surface area contributed by atoms with Crippen LogP contribution < -0.4 is 0 Å². The van der Waals surface area contributed by atoms with Crippen LogP contribution in [0.1, 0.15) is 18.5 Å². The maximum atomic E-state index is 4.58. The molecule has 1 radical (unpaired) electrons. The molecule has 0 saturated carbocycles. The van der Waals surface area contributed by atoms with Crippen molar-refractivity contribution >= 4 is 10.9 Å². The highest BCUT2D eigenvalue weighted by atomic mass is 14.7. The van der Waals surface area contributed by atoms with Gasteiger partial charge in [0.2, 0.25) is 0 Å². The fourth-order valence-corrected chi connectivity index (χ4v) is 1.55. The largest absolute Gasteiger partial charge is 0.253 e. The molecule has 1 heteroatoms. The summed E-state index contributed by atoms with van der Waals surface area (Å²) in [7, 11) is 0. The Balaban J connectivity index is 2.32. The number of aromatic nitrogens is 1. The summed E-state index contributed by atoms with van der Waals surface area (Å²) in [6, 6.07) is 12.5. The second-order valence-electron chi connectivity index (χ2n) is 3.45. The summed E-state index contributed by atoms with van der Waals surface area (Å²) < 4.78 is 0. The number of pyridine rings is 1. The fourth-order valence-electron chi connectivity index (χ4n) is 1.55. The Labute approximate surface area is 84.8 Å². The topological polar surface area (TPSA) is 12.9 Å². The van der Waals surface area contributed by atoms with Gasteiger partial charge in [-0.1, -0.05) is 37.6 Å². The van der Waals surface area contributed by atoms with Crippen molar-refractivity contribution in [2.75, 3.05) is 0 Å². The molecule has 0 unspecified atom stereocenters. The van der Waals surface area contributed by atoms with E-state index in [-0.39, 0.29) is 0 Å². The average molecular weight is 184 g/mol. The first-order valence-corrected chi connectivity index (χ1v) is 5.04. The molecule has 0 bridgehead atoms. The molecule has 0 atom stereocenters. The van der Waals surface area contributed by atoms with Gasteiger partial charge in [-0.15, -0.1) is 0 Å². The van der Waals surface area contributed by atoms with Crippen LogP contribution in [0, 0.1) is 6.92 Å². The Morgan fingerprint density at radius 3 is 2.79 bits per heavy atom. The molecule has 1 nitrogen and oxygen atoms in total. The van der Waals surface area contributed by atoms with Crippen molar-refractivity contribution < 1.29 is 0 Å². The van der Waals surface area contributed by atoms with Crippen LogP contribution in [0.5, 0.6) is 0 Å². The lowest BCUT2D eigenvalue weighted by molar-refractivity contribution is 0.820. The molecular formula is C13H14N. The van der Waals surface area contributed by atoms with E-state index in [1.807, 2.05) is 12.1 Å². The molecular weight excluding hydrogens is 170 g/mol. The lowest BCUT2D eigenvalue weighted by atomic mass is 10.1.